The van der Waals surface area contributed by atoms with Crippen LogP contribution in [0.4, 0.5) is 5.69 Å². The molecule has 26 heavy (non-hydrogen) atoms. The average Bonchev–Trinajstić information content (AvgIpc) is 3.09. The summed E-state index contributed by atoms with van der Waals surface area (Å²) in [5.41, 5.74) is 8.10. The van der Waals surface area contributed by atoms with E-state index in [1.165, 1.54) is 5.69 Å². The molecule has 0 radical (unpaired) electrons. The highest BCUT2D eigenvalue weighted by Gasteiger charge is 2.24. The number of rotatable bonds is 5. The Hall–Kier alpha value is -1.27. The van der Waals surface area contributed by atoms with E-state index in [-0.39, 0.29) is 30.7 Å². The van der Waals surface area contributed by atoms with Crippen molar-refractivity contribution in [3.63, 3.8) is 0 Å². The van der Waals surface area contributed by atoms with Crippen LogP contribution in [-0.2, 0) is 4.79 Å². The van der Waals surface area contributed by atoms with Gasteiger partial charge in [0, 0.05) is 29.8 Å². The van der Waals surface area contributed by atoms with Gasteiger partial charge in [0.05, 0.1) is 0 Å². The van der Waals surface area contributed by atoms with E-state index in [1.807, 2.05) is 30.3 Å². The number of nitrogens with zero attached hydrogens (tertiary/aromatic N) is 1. The Labute approximate surface area is 175 Å². The lowest BCUT2D eigenvalue weighted by Crippen LogP contribution is -2.37. The zero-order valence-electron chi connectivity index (χ0n) is 14.3. The lowest BCUT2D eigenvalue weighted by Gasteiger charge is -2.19. The molecule has 1 heterocycles. The fourth-order valence-corrected chi connectivity index (χ4v) is 3.32. The Morgan fingerprint density at radius 3 is 2.46 bits per heavy atom. The van der Waals surface area contributed by atoms with Crippen LogP contribution in [0.25, 0.3) is 0 Å². The number of hydrogen-bond acceptors (Lipinski definition) is 3. The highest BCUT2D eigenvalue weighted by molar-refractivity contribution is 9.10. The molecule has 0 aromatic heterocycles. The summed E-state index contributed by atoms with van der Waals surface area (Å²) in [5, 5.41) is 3.01. The van der Waals surface area contributed by atoms with Crippen molar-refractivity contribution in [2.75, 3.05) is 24.5 Å². The van der Waals surface area contributed by atoms with Crippen LogP contribution < -0.4 is 16.0 Å². The number of carbonyl (C=O) groups excluding carboxylic acids is 1. The minimum atomic E-state index is -0.602. The lowest BCUT2D eigenvalue weighted by molar-refractivity contribution is -0.122. The lowest BCUT2D eigenvalue weighted by atomic mass is 10.1. The third kappa shape index (κ3) is 5.88. The maximum Gasteiger partial charge on any atom is 0.241 e. The summed E-state index contributed by atoms with van der Waals surface area (Å²) in [5.74, 6) is 0.351. The Morgan fingerprint density at radius 1 is 1.15 bits per heavy atom. The quantitative estimate of drug-likeness (QED) is 0.710. The van der Waals surface area contributed by atoms with E-state index in [4.69, 9.17) is 5.73 Å². The van der Waals surface area contributed by atoms with E-state index in [0.29, 0.717) is 12.5 Å². The molecule has 0 spiro atoms. The molecule has 0 saturated carbocycles. The predicted octanol–water partition coefficient (Wildman–Crippen LogP) is 3.94. The normalized spacial score (nSPS) is 17.0. The second kappa shape index (κ2) is 10.8. The van der Waals surface area contributed by atoms with Gasteiger partial charge in [-0.2, -0.15) is 0 Å². The van der Waals surface area contributed by atoms with Crippen LogP contribution in [0.2, 0.25) is 0 Å². The Balaban J connectivity index is 0.00000169. The van der Waals surface area contributed by atoms with Gasteiger partial charge in [-0.25, -0.2) is 0 Å². The predicted molar refractivity (Wildman–Crippen MR) is 115 cm³/mol. The van der Waals surface area contributed by atoms with E-state index in [9.17, 15) is 4.79 Å². The van der Waals surface area contributed by atoms with Crippen molar-refractivity contribution in [1.29, 1.82) is 0 Å². The molecule has 3 N–H and O–H groups in total. The van der Waals surface area contributed by atoms with Gasteiger partial charge in [-0.3, -0.25) is 4.79 Å². The second-order valence-corrected chi connectivity index (χ2v) is 7.13. The van der Waals surface area contributed by atoms with E-state index in [1.54, 1.807) is 0 Å². The van der Waals surface area contributed by atoms with Crippen molar-refractivity contribution in [3.05, 3.63) is 64.6 Å². The monoisotopic (exact) mass is 459 g/mol. The zero-order valence-corrected chi connectivity index (χ0v) is 17.5. The highest BCUT2D eigenvalue weighted by atomic mass is 79.9. The molecule has 1 aliphatic rings. The molecule has 2 aromatic rings. The van der Waals surface area contributed by atoms with Crippen molar-refractivity contribution in [2.45, 2.75) is 12.5 Å². The van der Waals surface area contributed by atoms with Crippen molar-refractivity contribution in [2.24, 2.45) is 11.7 Å². The second-order valence-electron chi connectivity index (χ2n) is 6.21. The average molecular weight is 461 g/mol. The van der Waals surface area contributed by atoms with Gasteiger partial charge in [0.2, 0.25) is 5.91 Å². The first kappa shape index (κ1) is 22.8. The molecule has 7 heteroatoms. The van der Waals surface area contributed by atoms with Crippen LogP contribution in [0.5, 0.6) is 0 Å². The SMILES string of the molecule is Cl.Cl.NC(C(=O)NCC1CCN(c2ccc(Br)cc2)C1)c1ccccc1. The number of amides is 1. The van der Waals surface area contributed by atoms with Crippen molar-refractivity contribution in [1.82, 2.24) is 5.32 Å². The maximum atomic E-state index is 12.2. The van der Waals surface area contributed by atoms with Gasteiger partial charge >= 0.3 is 0 Å². The van der Waals surface area contributed by atoms with Crippen LogP contribution in [0.15, 0.2) is 59.1 Å². The number of hydrogen-bond donors (Lipinski definition) is 2. The first-order chi connectivity index (χ1) is 11.6. The summed E-state index contributed by atoms with van der Waals surface area (Å²) < 4.78 is 1.09. The first-order valence-corrected chi connectivity index (χ1v) is 9.01. The summed E-state index contributed by atoms with van der Waals surface area (Å²) in [7, 11) is 0. The van der Waals surface area contributed by atoms with Gasteiger partial charge < -0.3 is 16.0 Å². The van der Waals surface area contributed by atoms with E-state index in [2.05, 4.69) is 50.4 Å². The van der Waals surface area contributed by atoms with Gasteiger partial charge in [0.1, 0.15) is 6.04 Å². The summed E-state index contributed by atoms with van der Waals surface area (Å²) in [6, 6.07) is 17.2. The van der Waals surface area contributed by atoms with Crippen LogP contribution in [0, 0.1) is 5.92 Å². The summed E-state index contributed by atoms with van der Waals surface area (Å²) in [4.78, 5) is 14.6. The van der Waals surface area contributed by atoms with Crippen LogP contribution in [0.3, 0.4) is 0 Å². The molecule has 2 atom stereocenters. The van der Waals surface area contributed by atoms with E-state index in [0.717, 1.165) is 29.5 Å². The molecule has 2 aromatic carbocycles. The molecule has 1 fully saturated rings. The minimum absolute atomic E-state index is 0. The highest BCUT2D eigenvalue weighted by Crippen LogP contribution is 2.25. The van der Waals surface area contributed by atoms with Crippen LogP contribution in [0.1, 0.15) is 18.0 Å². The number of nitrogens with one attached hydrogen (secondary N) is 1. The van der Waals surface area contributed by atoms with Crippen molar-refractivity contribution in [3.8, 4) is 0 Å². The van der Waals surface area contributed by atoms with Gasteiger partial charge in [-0.15, -0.1) is 24.8 Å². The number of carbonyl (C=O) groups is 1. The molecule has 1 saturated heterocycles. The third-order valence-electron chi connectivity index (χ3n) is 4.48. The number of anilines is 1. The first-order valence-electron chi connectivity index (χ1n) is 8.22. The smallest absolute Gasteiger partial charge is 0.241 e. The fraction of sp³-hybridized carbons (Fsp3) is 0.316. The van der Waals surface area contributed by atoms with Crippen molar-refractivity contribution >= 4 is 52.3 Å². The summed E-state index contributed by atoms with van der Waals surface area (Å²) in [6.07, 6.45) is 1.08. The van der Waals surface area contributed by atoms with Gasteiger partial charge in [-0.05, 0) is 42.2 Å². The minimum Gasteiger partial charge on any atom is -0.371 e. The number of nitrogens with two attached hydrogens (primary N) is 1. The molecule has 0 aliphatic carbocycles. The number of halogens is 3. The third-order valence-corrected chi connectivity index (χ3v) is 5.01. The molecule has 1 aliphatic heterocycles. The summed E-state index contributed by atoms with van der Waals surface area (Å²) >= 11 is 3.46. The molecule has 1 amide bonds. The van der Waals surface area contributed by atoms with E-state index < -0.39 is 6.04 Å². The van der Waals surface area contributed by atoms with Gasteiger partial charge in [-0.1, -0.05) is 46.3 Å². The summed E-state index contributed by atoms with van der Waals surface area (Å²) in [6.45, 7) is 2.65. The van der Waals surface area contributed by atoms with Gasteiger partial charge in [0.25, 0.3) is 0 Å². The Kier molecular flexibility index (Phi) is 9.44. The van der Waals surface area contributed by atoms with Gasteiger partial charge in [0.15, 0.2) is 0 Å². The Bertz CT molecular complexity index is 685. The van der Waals surface area contributed by atoms with Crippen LogP contribution >= 0.6 is 40.7 Å². The maximum absolute atomic E-state index is 12.2. The van der Waals surface area contributed by atoms with Crippen LogP contribution in [-0.4, -0.2) is 25.5 Å². The topological polar surface area (TPSA) is 58.4 Å². The zero-order chi connectivity index (χ0) is 16.9. The Morgan fingerprint density at radius 2 is 1.81 bits per heavy atom. The molecule has 3 rings (SSSR count). The molecular weight excluding hydrogens is 437 g/mol. The standard InChI is InChI=1S/C19H22BrN3O.2ClH/c20-16-6-8-17(9-7-16)23-11-10-14(13-23)12-22-19(24)18(21)15-4-2-1-3-5-15;;/h1-9,14,18H,10-13,21H2,(H,22,24);2*1H. The van der Waals surface area contributed by atoms with E-state index >= 15 is 0 Å². The van der Waals surface area contributed by atoms with Crippen molar-refractivity contribution < 1.29 is 4.79 Å². The molecule has 0 bridgehead atoms. The fourth-order valence-electron chi connectivity index (χ4n) is 3.05. The number of benzene rings is 2. The molecule has 4 nitrogen and oxygen atoms in total. The largest absolute Gasteiger partial charge is 0.371 e. The molecule has 2 unspecified atom stereocenters. The molecular formula is C19H24BrCl2N3O. The molecule has 142 valence electrons.